The van der Waals surface area contributed by atoms with Gasteiger partial charge in [-0.2, -0.15) is 5.26 Å². The minimum atomic E-state index is -3.68. The van der Waals surface area contributed by atoms with Crippen LogP contribution in [0.3, 0.4) is 0 Å². The van der Waals surface area contributed by atoms with Crippen LogP contribution in [0.1, 0.15) is 23.1 Å². The highest BCUT2D eigenvalue weighted by Crippen LogP contribution is 2.25. The summed E-state index contributed by atoms with van der Waals surface area (Å²) in [7, 11) is -3.68. The van der Waals surface area contributed by atoms with Gasteiger partial charge in [0.2, 0.25) is 15.9 Å². The van der Waals surface area contributed by atoms with Crippen molar-refractivity contribution in [2.75, 3.05) is 22.4 Å². The molecule has 0 bridgehead atoms. The molecule has 134 valence electrons. The molecule has 0 spiro atoms. The first-order valence-corrected chi connectivity index (χ1v) is 10.1. The van der Waals surface area contributed by atoms with Gasteiger partial charge in [-0.3, -0.25) is 9.10 Å². The monoisotopic (exact) mass is 369 g/mol. The second kappa shape index (κ2) is 7.18. The molecule has 7 heteroatoms. The van der Waals surface area contributed by atoms with Gasteiger partial charge in [0.05, 0.1) is 23.6 Å². The number of fused-ring (bicyclic) bond motifs is 1. The summed E-state index contributed by atoms with van der Waals surface area (Å²) in [5, 5.41) is 11.8. The smallest absolute Gasteiger partial charge is 0.245 e. The van der Waals surface area contributed by atoms with Crippen LogP contribution in [-0.2, 0) is 27.7 Å². The number of rotatable bonds is 5. The zero-order valence-electron chi connectivity index (χ0n) is 14.4. The van der Waals surface area contributed by atoms with E-state index in [0.717, 1.165) is 29.8 Å². The van der Waals surface area contributed by atoms with Crippen LogP contribution in [0.4, 0.5) is 11.4 Å². The second-order valence-corrected chi connectivity index (χ2v) is 8.22. The number of hydrogen-bond donors (Lipinski definition) is 1. The van der Waals surface area contributed by atoms with Crippen molar-refractivity contribution in [3.05, 3.63) is 59.2 Å². The molecule has 0 unspecified atom stereocenters. The molecular formula is C19H19N3O3S. The van der Waals surface area contributed by atoms with E-state index >= 15 is 0 Å². The van der Waals surface area contributed by atoms with Gasteiger partial charge in [-0.1, -0.05) is 12.1 Å². The molecule has 1 N–H and O–H groups in total. The Labute approximate surface area is 153 Å². The van der Waals surface area contributed by atoms with Crippen molar-refractivity contribution in [3.63, 3.8) is 0 Å². The van der Waals surface area contributed by atoms with Crippen LogP contribution in [0.5, 0.6) is 0 Å². The fourth-order valence-electron chi connectivity index (χ4n) is 3.11. The number of carbonyl (C=O) groups excluding carboxylic acids is 1. The predicted octanol–water partition coefficient (Wildman–Crippen LogP) is 2.45. The maximum Gasteiger partial charge on any atom is 0.245 e. The Morgan fingerprint density at radius 1 is 1.19 bits per heavy atom. The fraction of sp³-hybridized carbons (Fsp3) is 0.263. The summed E-state index contributed by atoms with van der Waals surface area (Å²) in [5.74, 6) is -0.435. The number of sulfonamides is 1. The fourth-order valence-corrected chi connectivity index (χ4v) is 3.96. The molecule has 3 rings (SSSR count). The number of amides is 1. The van der Waals surface area contributed by atoms with Gasteiger partial charge < -0.3 is 5.32 Å². The molecule has 0 heterocycles. The third-order valence-electron chi connectivity index (χ3n) is 4.33. The topological polar surface area (TPSA) is 90.3 Å². The number of hydrogen-bond acceptors (Lipinski definition) is 4. The van der Waals surface area contributed by atoms with Crippen molar-refractivity contribution < 1.29 is 13.2 Å². The van der Waals surface area contributed by atoms with E-state index in [0.29, 0.717) is 11.3 Å². The molecule has 0 aromatic heterocycles. The summed E-state index contributed by atoms with van der Waals surface area (Å²) in [5.41, 5.74) is 3.80. The summed E-state index contributed by atoms with van der Waals surface area (Å²) in [6.45, 7) is -0.356. The van der Waals surface area contributed by atoms with Crippen LogP contribution < -0.4 is 9.62 Å². The Hall–Kier alpha value is -2.85. The number of anilines is 2. The van der Waals surface area contributed by atoms with Gasteiger partial charge in [0.15, 0.2) is 0 Å². The number of aryl methyl sites for hydroxylation is 2. The Kier molecular flexibility index (Phi) is 4.96. The minimum absolute atomic E-state index is 0.288. The van der Waals surface area contributed by atoms with Crippen molar-refractivity contribution >= 4 is 27.3 Å². The normalized spacial score (nSPS) is 12.9. The summed E-state index contributed by atoms with van der Waals surface area (Å²) in [6.07, 6.45) is 4.20. The average Bonchev–Trinajstić information content (AvgIpc) is 3.06. The van der Waals surface area contributed by atoms with Gasteiger partial charge in [-0.05, 0) is 60.7 Å². The SMILES string of the molecule is CS(=O)(=O)N(CC(=O)Nc1ccc2c(c1)CCC2)c1cccc(C#N)c1. The van der Waals surface area contributed by atoms with E-state index < -0.39 is 15.9 Å². The lowest BCUT2D eigenvalue weighted by molar-refractivity contribution is -0.114. The number of nitrogens with one attached hydrogen (secondary N) is 1. The standard InChI is InChI=1S/C19H19N3O3S/c1-26(24,25)22(18-7-2-4-14(10-18)12-20)13-19(23)21-17-9-8-15-5-3-6-16(15)11-17/h2,4,7-11H,3,5-6,13H2,1H3,(H,21,23). The zero-order chi connectivity index (χ0) is 18.7. The quantitative estimate of drug-likeness (QED) is 0.876. The van der Waals surface area contributed by atoms with Crippen LogP contribution in [-0.4, -0.2) is 27.1 Å². The van der Waals surface area contributed by atoms with Crippen molar-refractivity contribution in [2.45, 2.75) is 19.3 Å². The van der Waals surface area contributed by atoms with E-state index in [1.165, 1.54) is 17.2 Å². The number of nitrogens with zero attached hydrogens (tertiary/aromatic N) is 2. The molecule has 2 aromatic carbocycles. The molecule has 1 aliphatic carbocycles. The minimum Gasteiger partial charge on any atom is -0.325 e. The van der Waals surface area contributed by atoms with Gasteiger partial charge in [-0.15, -0.1) is 0 Å². The maximum absolute atomic E-state index is 12.4. The van der Waals surface area contributed by atoms with E-state index in [-0.39, 0.29) is 12.2 Å². The lowest BCUT2D eigenvalue weighted by atomic mass is 10.1. The molecule has 0 aliphatic heterocycles. The summed E-state index contributed by atoms with van der Waals surface area (Å²) in [4.78, 5) is 12.4. The Balaban J connectivity index is 1.79. The van der Waals surface area contributed by atoms with Crippen LogP contribution in [0.15, 0.2) is 42.5 Å². The summed E-state index contributed by atoms with van der Waals surface area (Å²) >= 11 is 0. The lowest BCUT2D eigenvalue weighted by Crippen LogP contribution is -2.37. The van der Waals surface area contributed by atoms with E-state index in [2.05, 4.69) is 5.32 Å². The van der Waals surface area contributed by atoms with Crippen LogP contribution in [0.25, 0.3) is 0 Å². The van der Waals surface area contributed by atoms with Crippen LogP contribution in [0.2, 0.25) is 0 Å². The maximum atomic E-state index is 12.4. The molecule has 1 aliphatic rings. The number of nitriles is 1. The molecule has 2 aromatic rings. The molecule has 0 saturated heterocycles. The van der Waals surface area contributed by atoms with Crippen LogP contribution >= 0.6 is 0 Å². The molecule has 26 heavy (non-hydrogen) atoms. The van der Waals surface area contributed by atoms with Gasteiger partial charge >= 0.3 is 0 Å². The van der Waals surface area contributed by atoms with Crippen molar-refractivity contribution in [2.24, 2.45) is 0 Å². The van der Waals surface area contributed by atoms with Crippen LogP contribution in [0, 0.1) is 11.3 Å². The second-order valence-electron chi connectivity index (χ2n) is 6.32. The largest absolute Gasteiger partial charge is 0.325 e. The Morgan fingerprint density at radius 3 is 2.69 bits per heavy atom. The van der Waals surface area contributed by atoms with Gasteiger partial charge in [0.1, 0.15) is 6.54 Å². The van der Waals surface area contributed by atoms with E-state index in [1.54, 1.807) is 18.2 Å². The third kappa shape index (κ3) is 4.03. The highest BCUT2D eigenvalue weighted by atomic mass is 32.2. The van der Waals surface area contributed by atoms with Gasteiger partial charge in [0.25, 0.3) is 0 Å². The van der Waals surface area contributed by atoms with Crippen molar-refractivity contribution in [3.8, 4) is 6.07 Å². The van der Waals surface area contributed by atoms with E-state index in [9.17, 15) is 13.2 Å². The number of benzene rings is 2. The first kappa shape index (κ1) is 18.0. The molecular weight excluding hydrogens is 350 g/mol. The summed E-state index contributed by atoms with van der Waals surface area (Å²) in [6, 6.07) is 13.9. The Morgan fingerprint density at radius 2 is 1.96 bits per heavy atom. The zero-order valence-corrected chi connectivity index (χ0v) is 15.2. The average molecular weight is 369 g/mol. The highest BCUT2D eigenvalue weighted by Gasteiger charge is 2.21. The van der Waals surface area contributed by atoms with E-state index in [4.69, 9.17) is 5.26 Å². The molecule has 0 atom stereocenters. The Bertz CT molecular complexity index is 993. The molecule has 0 saturated carbocycles. The van der Waals surface area contributed by atoms with Gasteiger partial charge in [-0.25, -0.2) is 8.42 Å². The lowest BCUT2D eigenvalue weighted by Gasteiger charge is -2.22. The first-order valence-electron chi connectivity index (χ1n) is 8.26. The predicted molar refractivity (Wildman–Crippen MR) is 100 cm³/mol. The molecule has 0 radical (unpaired) electrons. The molecule has 6 nitrogen and oxygen atoms in total. The van der Waals surface area contributed by atoms with Gasteiger partial charge in [0, 0.05) is 5.69 Å². The van der Waals surface area contributed by atoms with Crippen molar-refractivity contribution in [1.82, 2.24) is 0 Å². The highest BCUT2D eigenvalue weighted by molar-refractivity contribution is 7.92. The first-order chi connectivity index (χ1) is 12.4. The number of carbonyl (C=O) groups is 1. The molecule has 1 amide bonds. The summed E-state index contributed by atoms with van der Waals surface area (Å²) < 4.78 is 25.3. The van der Waals surface area contributed by atoms with Crippen molar-refractivity contribution in [1.29, 1.82) is 5.26 Å². The third-order valence-corrected chi connectivity index (χ3v) is 5.47. The van der Waals surface area contributed by atoms with E-state index in [1.807, 2.05) is 24.3 Å². The molecule has 0 fully saturated rings.